The molecule has 0 radical (unpaired) electrons. The fourth-order valence-corrected chi connectivity index (χ4v) is 2.33. The summed E-state index contributed by atoms with van der Waals surface area (Å²) in [6.07, 6.45) is 0. The van der Waals surface area contributed by atoms with Crippen LogP contribution in [0, 0.1) is 0 Å². The van der Waals surface area contributed by atoms with E-state index in [4.69, 9.17) is 5.11 Å². The van der Waals surface area contributed by atoms with E-state index in [0.717, 1.165) is 16.3 Å². The van der Waals surface area contributed by atoms with Gasteiger partial charge in [0.1, 0.15) is 6.04 Å². The number of carboxylic acid groups (broad SMARTS) is 1. The maximum absolute atomic E-state index is 11.5. The Kier molecular flexibility index (Phi) is 4.14. The number of likely N-dealkylation sites (N-methyl/N-ethyl adjacent to an activating group) is 1. The molecular weight excluding hydrogens is 242 g/mol. The van der Waals surface area contributed by atoms with Crippen LogP contribution in [0.5, 0.6) is 0 Å². The maximum Gasteiger partial charge on any atom is 0.325 e. The maximum atomic E-state index is 11.5. The molecule has 100 valence electrons. The number of hydrogen-bond donors (Lipinski definition) is 2. The second kappa shape index (κ2) is 5.82. The fraction of sp³-hybridized carbons (Fsp3) is 0.267. The molecule has 0 aromatic heterocycles. The number of nitrogens with zero attached hydrogens (tertiary/aromatic N) is 1. The monoisotopic (exact) mass is 259 g/mol. The van der Waals surface area contributed by atoms with Crippen molar-refractivity contribution >= 4 is 16.7 Å². The SMILES string of the molecule is CN(CCO)C(C(=O)O)c1cccc2ccccc12. The second-order valence-corrected chi connectivity index (χ2v) is 4.51. The van der Waals surface area contributed by atoms with Gasteiger partial charge in [0.2, 0.25) is 0 Å². The van der Waals surface area contributed by atoms with Crippen LogP contribution in [0.1, 0.15) is 11.6 Å². The first-order valence-electron chi connectivity index (χ1n) is 6.16. The highest BCUT2D eigenvalue weighted by Crippen LogP contribution is 2.27. The van der Waals surface area contributed by atoms with Gasteiger partial charge < -0.3 is 10.2 Å². The predicted molar refractivity (Wildman–Crippen MR) is 74.0 cm³/mol. The molecule has 0 amide bonds. The molecule has 2 aromatic carbocycles. The number of aliphatic hydroxyl groups is 1. The van der Waals surface area contributed by atoms with E-state index in [2.05, 4.69) is 0 Å². The Morgan fingerprint density at radius 3 is 2.58 bits per heavy atom. The molecule has 0 aliphatic heterocycles. The molecule has 2 rings (SSSR count). The van der Waals surface area contributed by atoms with Crippen molar-refractivity contribution in [2.24, 2.45) is 0 Å². The minimum atomic E-state index is -0.910. The molecule has 0 saturated heterocycles. The van der Waals surface area contributed by atoms with E-state index in [1.54, 1.807) is 11.9 Å². The highest BCUT2D eigenvalue weighted by Gasteiger charge is 2.25. The van der Waals surface area contributed by atoms with Crippen molar-refractivity contribution in [2.75, 3.05) is 20.2 Å². The molecule has 0 saturated carbocycles. The Morgan fingerprint density at radius 1 is 1.21 bits per heavy atom. The molecule has 4 heteroatoms. The number of aliphatic carboxylic acids is 1. The third-order valence-corrected chi connectivity index (χ3v) is 3.25. The van der Waals surface area contributed by atoms with Crippen molar-refractivity contribution in [3.8, 4) is 0 Å². The van der Waals surface area contributed by atoms with Gasteiger partial charge in [-0.1, -0.05) is 42.5 Å². The van der Waals surface area contributed by atoms with Crippen LogP contribution in [0.3, 0.4) is 0 Å². The quantitative estimate of drug-likeness (QED) is 0.860. The summed E-state index contributed by atoms with van der Waals surface area (Å²) >= 11 is 0. The summed E-state index contributed by atoms with van der Waals surface area (Å²) in [6, 6.07) is 12.6. The van der Waals surface area contributed by atoms with Gasteiger partial charge in [0, 0.05) is 6.54 Å². The molecule has 19 heavy (non-hydrogen) atoms. The zero-order valence-corrected chi connectivity index (χ0v) is 10.8. The smallest absolute Gasteiger partial charge is 0.325 e. The summed E-state index contributed by atoms with van der Waals surface area (Å²) in [5.74, 6) is -0.910. The number of rotatable bonds is 5. The summed E-state index contributed by atoms with van der Waals surface area (Å²) in [4.78, 5) is 13.2. The van der Waals surface area contributed by atoms with Crippen LogP contribution in [0.4, 0.5) is 0 Å². The van der Waals surface area contributed by atoms with E-state index >= 15 is 0 Å². The summed E-state index contributed by atoms with van der Waals surface area (Å²) in [7, 11) is 1.71. The molecule has 2 N–H and O–H groups in total. The molecule has 0 bridgehead atoms. The topological polar surface area (TPSA) is 60.8 Å². The summed E-state index contributed by atoms with van der Waals surface area (Å²) < 4.78 is 0. The normalized spacial score (nSPS) is 12.8. The van der Waals surface area contributed by atoms with Crippen LogP contribution in [-0.4, -0.2) is 41.3 Å². The first kappa shape index (κ1) is 13.5. The van der Waals surface area contributed by atoms with Crippen LogP contribution < -0.4 is 0 Å². The van der Waals surface area contributed by atoms with Crippen LogP contribution >= 0.6 is 0 Å². The summed E-state index contributed by atoms with van der Waals surface area (Å²) in [6.45, 7) is 0.255. The number of carboxylic acids is 1. The van der Waals surface area contributed by atoms with Crippen LogP contribution in [0.2, 0.25) is 0 Å². The Bertz CT molecular complexity index is 577. The van der Waals surface area contributed by atoms with E-state index in [0.29, 0.717) is 6.54 Å². The zero-order chi connectivity index (χ0) is 13.8. The highest BCUT2D eigenvalue weighted by atomic mass is 16.4. The van der Waals surface area contributed by atoms with Gasteiger partial charge in [-0.25, -0.2) is 0 Å². The average molecular weight is 259 g/mol. The third kappa shape index (κ3) is 2.75. The van der Waals surface area contributed by atoms with E-state index in [9.17, 15) is 9.90 Å². The molecule has 0 heterocycles. The molecule has 0 aliphatic rings. The Balaban J connectivity index is 2.53. The Hall–Kier alpha value is -1.91. The van der Waals surface area contributed by atoms with Crippen molar-refractivity contribution in [3.05, 3.63) is 48.0 Å². The Labute approximate surface area is 111 Å². The number of carbonyl (C=O) groups is 1. The zero-order valence-electron chi connectivity index (χ0n) is 10.8. The van der Waals surface area contributed by atoms with Gasteiger partial charge in [-0.05, 0) is 23.4 Å². The minimum Gasteiger partial charge on any atom is -0.480 e. The van der Waals surface area contributed by atoms with Gasteiger partial charge in [0.05, 0.1) is 6.61 Å². The minimum absolute atomic E-state index is 0.0644. The molecule has 1 unspecified atom stereocenters. The average Bonchev–Trinajstić information content (AvgIpc) is 2.39. The molecular formula is C15H17NO3. The van der Waals surface area contributed by atoms with Gasteiger partial charge >= 0.3 is 5.97 Å². The molecule has 0 aliphatic carbocycles. The van der Waals surface area contributed by atoms with Gasteiger partial charge in [0.25, 0.3) is 0 Å². The van der Waals surface area contributed by atoms with Crippen molar-refractivity contribution < 1.29 is 15.0 Å². The third-order valence-electron chi connectivity index (χ3n) is 3.25. The first-order valence-corrected chi connectivity index (χ1v) is 6.16. The largest absolute Gasteiger partial charge is 0.480 e. The molecule has 2 aromatic rings. The van der Waals surface area contributed by atoms with E-state index < -0.39 is 12.0 Å². The van der Waals surface area contributed by atoms with E-state index in [1.807, 2.05) is 42.5 Å². The van der Waals surface area contributed by atoms with Gasteiger partial charge in [-0.15, -0.1) is 0 Å². The number of hydrogen-bond acceptors (Lipinski definition) is 3. The molecule has 4 nitrogen and oxygen atoms in total. The fourth-order valence-electron chi connectivity index (χ4n) is 2.33. The highest BCUT2D eigenvalue weighted by molar-refractivity contribution is 5.90. The van der Waals surface area contributed by atoms with E-state index in [-0.39, 0.29) is 6.61 Å². The predicted octanol–water partition coefficient (Wildman–Crippen LogP) is 1.89. The molecule has 1 atom stereocenters. The van der Waals surface area contributed by atoms with Gasteiger partial charge in [0.15, 0.2) is 0 Å². The summed E-state index contributed by atoms with van der Waals surface area (Å²) in [5.41, 5.74) is 0.751. The van der Waals surface area contributed by atoms with Gasteiger partial charge in [-0.2, -0.15) is 0 Å². The second-order valence-electron chi connectivity index (χ2n) is 4.51. The van der Waals surface area contributed by atoms with Crippen molar-refractivity contribution in [1.29, 1.82) is 0 Å². The Morgan fingerprint density at radius 2 is 1.89 bits per heavy atom. The first-order chi connectivity index (χ1) is 9.15. The van der Waals surface area contributed by atoms with Crippen molar-refractivity contribution in [2.45, 2.75) is 6.04 Å². The standard InChI is InChI=1S/C15H17NO3/c1-16(9-10-17)14(15(18)19)13-8-4-6-11-5-2-3-7-12(11)13/h2-8,14,17H,9-10H2,1H3,(H,18,19). The lowest BCUT2D eigenvalue weighted by atomic mass is 9.98. The van der Waals surface area contributed by atoms with Crippen LogP contribution in [0.25, 0.3) is 10.8 Å². The van der Waals surface area contributed by atoms with Crippen molar-refractivity contribution in [3.63, 3.8) is 0 Å². The van der Waals surface area contributed by atoms with E-state index in [1.165, 1.54) is 0 Å². The lowest BCUT2D eigenvalue weighted by molar-refractivity contribution is -0.143. The van der Waals surface area contributed by atoms with Gasteiger partial charge in [-0.3, -0.25) is 9.69 Å². The number of benzene rings is 2. The number of aliphatic hydroxyl groups excluding tert-OH is 1. The molecule has 0 spiro atoms. The van der Waals surface area contributed by atoms with Crippen LogP contribution in [0.15, 0.2) is 42.5 Å². The lowest BCUT2D eigenvalue weighted by Gasteiger charge is -2.25. The molecule has 0 fully saturated rings. The van der Waals surface area contributed by atoms with Crippen LogP contribution in [-0.2, 0) is 4.79 Å². The lowest BCUT2D eigenvalue weighted by Crippen LogP contribution is -2.33. The van der Waals surface area contributed by atoms with Crippen molar-refractivity contribution in [1.82, 2.24) is 4.90 Å². The summed E-state index contributed by atoms with van der Waals surface area (Å²) in [5, 5.41) is 20.4. The number of fused-ring (bicyclic) bond motifs is 1.